The zero-order valence-corrected chi connectivity index (χ0v) is 12.2. The van der Waals surface area contributed by atoms with E-state index in [0.717, 1.165) is 12.1 Å². The van der Waals surface area contributed by atoms with Crippen LogP contribution >= 0.6 is 15.9 Å². The third-order valence-electron chi connectivity index (χ3n) is 2.33. The first-order chi connectivity index (χ1) is 9.29. The van der Waals surface area contributed by atoms with E-state index in [-0.39, 0.29) is 15.9 Å². The Hall–Kier alpha value is -1.67. The fourth-order valence-electron chi connectivity index (χ4n) is 1.56. The molecule has 0 radical (unpaired) electrons. The molecule has 0 aliphatic rings. The Balaban J connectivity index is 2.46. The van der Waals surface area contributed by atoms with Crippen LogP contribution in [0.15, 0.2) is 45.8 Å². The number of hydrogen-bond donors (Lipinski definition) is 2. The van der Waals surface area contributed by atoms with Crippen LogP contribution < -0.4 is 4.72 Å². The highest BCUT2D eigenvalue weighted by atomic mass is 79.9. The van der Waals surface area contributed by atoms with Gasteiger partial charge in [-0.2, -0.15) is 0 Å². The lowest BCUT2D eigenvalue weighted by molar-refractivity contribution is 0.475. The maximum absolute atomic E-state index is 13.7. The number of halogens is 3. The summed E-state index contributed by atoms with van der Waals surface area (Å²) in [6.45, 7) is 0. The molecule has 2 rings (SSSR count). The van der Waals surface area contributed by atoms with Crippen molar-refractivity contribution in [3.05, 3.63) is 52.5 Å². The van der Waals surface area contributed by atoms with E-state index in [1.807, 2.05) is 0 Å². The van der Waals surface area contributed by atoms with Crippen LogP contribution in [-0.2, 0) is 10.0 Å². The second-order valence-electron chi connectivity index (χ2n) is 3.85. The van der Waals surface area contributed by atoms with Crippen molar-refractivity contribution in [2.75, 3.05) is 4.72 Å². The summed E-state index contributed by atoms with van der Waals surface area (Å²) in [4.78, 5) is -0.706. The molecule has 8 heteroatoms. The Kier molecular flexibility index (Phi) is 3.96. The molecule has 0 bridgehead atoms. The molecule has 0 saturated heterocycles. The molecule has 0 aliphatic heterocycles. The number of sulfonamides is 1. The zero-order valence-electron chi connectivity index (χ0n) is 9.77. The number of phenolic OH excluding ortho intramolecular Hbond substituents is 1. The fourth-order valence-corrected chi connectivity index (χ4v) is 3.78. The largest absolute Gasteiger partial charge is 0.508 e. The Bertz CT molecular complexity index is 742. The van der Waals surface area contributed by atoms with Crippen molar-refractivity contribution in [2.24, 2.45) is 0 Å². The van der Waals surface area contributed by atoms with Crippen LogP contribution in [0.25, 0.3) is 0 Å². The summed E-state index contributed by atoms with van der Waals surface area (Å²) in [7, 11) is -4.26. The third-order valence-corrected chi connectivity index (χ3v) is 4.67. The highest BCUT2D eigenvalue weighted by Crippen LogP contribution is 2.28. The van der Waals surface area contributed by atoms with Gasteiger partial charge in [-0.25, -0.2) is 17.2 Å². The molecule has 106 valence electrons. The molecule has 0 unspecified atom stereocenters. The smallest absolute Gasteiger partial charge is 0.265 e. The molecule has 4 nitrogen and oxygen atoms in total. The van der Waals surface area contributed by atoms with Gasteiger partial charge >= 0.3 is 0 Å². The highest BCUT2D eigenvalue weighted by Gasteiger charge is 2.23. The average Bonchev–Trinajstić information content (AvgIpc) is 2.25. The maximum atomic E-state index is 13.7. The first kappa shape index (κ1) is 14.7. The van der Waals surface area contributed by atoms with Crippen molar-refractivity contribution in [3.8, 4) is 5.75 Å². The predicted molar refractivity (Wildman–Crippen MR) is 73.0 cm³/mol. The van der Waals surface area contributed by atoms with Crippen LogP contribution in [-0.4, -0.2) is 13.5 Å². The molecule has 2 aromatic carbocycles. The minimum Gasteiger partial charge on any atom is -0.508 e. The fraction of sp³-hybridized carbons (Fsp3) is 0. The van der Waals surface area contributed by atoms with E-state index in [1.54, 1.807) is 0 Å². The summed E-state index contributed by atoms with van der Waals surface area (Å²) < 4.78 is 52.6. The predicted octanol–water partition coefficient (Wildman–Crippen LogP) is 3.23. The van der Waals surface area contributed by atoms with Crippen LogP contribution in [0.5, 0.6) is 5.75 Å². The molecule has 2 N–H and O–H groups in total. The Labute approximate surface area is 122 Å². The molecule has 0 heterocycles. The molecule has 0 amide bonds. The summed E-state index contributed by atoms with van der Waals surface area (Å²) in [5.74, 6) is -2.26. The summed E-state index contributed by atoms with van der Waals surface area (Å²) in [5.41, 5.74) is 0.0561. The van der Waals surface area contributed by atoms with E-state index in [4.69, 9.17) is 0 Å². The summed E-state index contributed by atoms with van der Waals surface area (Å²) in [5, 5.41) is 9.26. The lowest BCUT2D eigenvalue weighted by Gasteiger charge is -2.10. The highest BCUT2D eigenvalue weighted by molar-refractivity contribution is 9.10. The first-order valence-electron chi connectivity index (χ1n) is 5.26. The van der Waals surface area contributed by atoms with Gasteiger partial charge in [-0.05, 0) is 34.1 Å². The number of phenols is 1. The summed E-state index contributed by atoms with van der Waals surface area (Å²) in [6.07, 6.45) is 0. The number of nitrogens with one attached hydrogen (secondary N) is 1. The topological polar surface area (TPSA) is 66.4 Å². The van der Waals surface area contributed by atoms with Crippen LogP contribution in [0.1, 0.15) is 0 Å². The lowest BCUT2D eigenvalue weighted by atomic mass is 10.3. The summed E-state index contributed by atoms with van der Waals surface area (Å²) in [6, 6.07) is 6.64. The third kappa shape index (κ3) is 3.07. The van der Waals surface area contributed by atoms with Gasteiger partial charge in [0.1, 0.15) is 22.3 Å². The van der Waals surface area contributed by atoms with E-state index in [1.165, 1.54) is 18.2 Å². The first-order valence-corrected chi connectivity index (χ1v) is 7.53. The average molecular weight is 364 g/mol. The number of benzene rings is 2. The maximum Gasteiger partial charge on any atom is 0.265 e. The molecule has 20 heavy (non-hydrogen) atoms. The molecular weight excluding hydrogens is 356 g/mol. The number of hydrogen-bond acceptors (Lipinski definition) is 3. The van der Waals surface area contributed by atoms with Gasteiger partial charge in [-0.1, -0.05) is 6.07 Å². The molecule has 0 aromatic heterocycles. The lowest BCUT2D eigenvalue weighted by Crippen LogP contribution is -2.15. The molecule has 2 aromatic rings. The van der Waals surface area contributed by atoms with Crippen molar-refractivity contribution in [2.45, 2.75) is 4.90 Å². The van der Waals surface area contributed by atoms with Crippen molar-refractivity contribution in [1.82, 2.24) is 0 Å². The molecule has 0 aliphatic carbocycles. The van der Waals surface area contributed by atoms with E-state index in [0.29, 0.717) is 6.07 Å². The number of rotatable bonds is 3. The molecule has 0 saturated carbocycles. The quantitative estimate of drug-likeness (QED) is 0.879. The molecule has 0 atom stereocenters. The second-order valence-corrected chi connectivity index (χ2v) is 6.33. The van der Waals surface area contributed by atoms with Crippen LogP contribution in [0, 0.1) is 11.6 Å². The zero-order chi connectivity index (χ0) is 14.9. The minimum absolute atomic E-state index is 0.0561. The Morgan fingerprint density at radius 3 is 2.45 bits per heavy atom. The Morgan fingerprint density at radius 2 is 1.85 bits per heavy atom. The molecule has 0 spiro atoms. The van der Waals surface area contributed by atoms with Gasteiger partial charge in [0, 0.05) is 16.6 Å². The minimum atomic E-state index is -4.26. The Morgan fingerprint density at radius 1 is 1.15 bits per heavy atom. The van der Waals surface area contributed by atoms with Crippen LogP contribution in [0.2, 0.25) is 0 Å². The normalized spacial score (nSPS) is 11.3. The van der Waals surface area contributed by atoms with Crippen LogP contribution in [0.3, 0.4) is 0 Å². The van der Waals surface area contributed by atoms with Gasteiger partial charge in [-0.15, -0.1) is 0 Å². The molecular formula is C12H8BrF2NO3S. The number of aromatic hydroxyl groups is 1. The van der Waals surface area contributed by atoms with Gasteiger partial charge in [0.25, 0.3) is 10.0 Å². The van der Waals surface area contributed by atoms with Crippen molar-refractivity contribution in [1.29, 1.82) is 0 Å². The van der Waals surface area contributed by atoms with Gasteiger partial charge in [0.15, 0.2) is 0 Å². The summed E-state index contributed by atoms with van der Waals surface area (Å²) >= 11 is 2.81. The van der Waals surface area contributed by atoms with Gasteiger partial charge in [-0.3, -0.25) is 4.72 Å². The van der Waals surface area contributed by atoms with E-state index >= 15 is 0 Å². The van der Waals surface area contributed by atoms with Crippen molar-refractivity contribution >= 4 is 31.6 Å². The van der Waals surface area contributed by atoms with Gasteiger partial charge in [0.2, 0.25) is 0 Å². The second kappa shape index (κ2) is 5.37. The molecule has 0 fully saturated rings. The van der Waals surface area contributed by atoms with E-state index in [2.05, 4.69) is 20.7 Å². The number of anilines is 1. The van der Waals surface area contributed by atoms with Gasteiger partial charge < -0.3 is 5.11 Å². The standard InChI is InChI=1S/C12H8BrF2NO3S/c13-10-4-7(14)5-11(15)12(10)20(18,19)16-8-2-1-3-9(17)6-8/h1-6,16-17H. The van der Waals surface area contributed by atoms with Crippen molar-refractivity contribution < 1.29 is 22.3 Å². The van der Waals surface area contributed by atoms with Gasteiger partial charge in [0.05, 0.1) is 5.69 Å². The van der Waals surface area contributed by atoms with Crippen molar-refractivity contribution in [3.63, 3.8) is 0 Å². The van der Waals surface area contributed by atoms with Crippen LogP contribution in [0.4, 0.5) is 14.5 Å². The van der Waals surface area contributed by atoms with E-state index < -0.39 is 26.6 Å². The SMILES string of the molecule is O=S(=O)(Nc1cccc(O)c1)c1c(F)cc(F)cc1Br. The monoisotopic (exact) mass is 363 g/mol. The van der Waals surface area contributed by atoms with E-state index in [9.17, 15) is 22.3 Å².